The number of aromatic nitrogens is 1. The number of pyridine rings is 1. The smallest absolute Gasteiger partial charge is 0.405 e. The number of aromatic hydroxyl groups is 1. The molecule has 0 radical (unpaired) electrons. The van der Waals surface area contributed by atoms with Crippen LogP contribution in [0.1, 0.15) is 61.3 Å². The van der Waals surface area contributed by atoms with Gasteiger partial charge in [0.1, 0.15) is 17.3 Å². The predicted octanol–water partition coefficient (Wildman–Crippen LogP) is 5.49. The third kappa shape index (κ3) is 7.74. The third-order valence-corrected chi connectivity index (χ3v) is 10.2. The molecule has 3 aliphatic rings. The lowest BCUT2D eigenvalue weighted by atomic mass is 9.63. The number of aliphatic hydroxyl groups excluding tert-OH is 1. The van der Waals surface area contributed by atoms with E-state index < -0.39 is 23.6 Å². The molecule has 0 saturated carbocycles. The van der Waals surface area contributed by atoms with Crippen molar-refractivity contribution in [1.29, 1.82) is 0 Å². The van der Waals surface area contributed by atoms with E-state index in [-0.39, 0.29) is 17.2 Å². The van der Waals surface area contributed by atoms with Crippen LogP contribution in [0.15, 0.2) is 77.6 Å². The number of aliphatic hydroxyl groups is 1. The Hall–Kier alpha value is -4.45. The molecule has 260 valence electrons. The molecular formula is C38H45FN4O6. The Labute approximate surface area is 284 Å². The monoisotopic (exact) mass is 672 g/mol. The van der Waals surface area contributed by atoms with Crippen LogP contribution >= 0.6 is 0 Å². The lowest BCUT2D eigenvalue weighted by Gasteiger charge is -2.53. The molecule has 7 rings (SSSR count). The van der Waals surface area contributed by atoms with Crippen LogP contribution in [-0.4, -0.2) is 70.6 Å². The zero-order valence-corrected chi connectivity index (χ0v) is 27.5. The van der Waals surface area contributed by atoms with Crippen molar-refractivity contribution in [3.8, 4) is 11.5 Å². The fourth-order valence-corrected chi connectivity index (χ4v) is 7.81. The minimum absolute atomic E-state index is 0.0371. The van der Waals surface area contributed by atoms with Gasteiger partial charge in [-0.25, -0.2) is 9.18 Å². The van der Waals surface area contributed by atoms with E-state index in [1.165, 1.54) is 24.3 Å². The first-order valence-corrected chi connectivity index (χ1v) is 17.2. The average molecular weight is 673 g/mol. The van der Waals surface area contributed by atoms with Gasteiger partial charge in [0.05, 0.1) is 23.8 Å². The molecule has 4 heterocycles. The first-order chi connectivity index (χ1) is 23.7. The molecule has 6 N–H and O–H groups in total. The van der Waals surface area contributed by atoms with Crippen molar-refractivity contribution in [2.24, 2.45) is 11.8 Å². The van der Waals surface area contributed by atoms with Gasteiger partial charge in [-0.15, -0.1) is 0 Å². The van der Waals surface area contributed by atoms with Crippen molar-refractivity contribution < 1.29 is 29.2 Å². The Balaban J connectivity index is 1.02. The second kappa shape index (κ2) is 15.4. The molecule has 0 spiro atoms. The van der Waals surface area contributed by atoms with E-state index in [0.29, 0.717) is 46.8 Å². The van der Waals surface area contributed by atoms with Crippen LogP contribution < -0.4 is 20.9 Å². The number of piperidine rings is 3. The molecule has 0 aliphatic carbocycles. The fraction of sp³-hybridized carbons (Fsp3) is 0.421. The van der Waals surface area contributed by atoms with E-state index in [2.05, 4.69) is 20.5 Å². The standard InChI is InChI=1S/C38H45FN4O6/c39-28-9-5-7-26(21-28)38(42-37(47)48,32-24-43-18-15-25(32)16-19-43)27-8-6-10-29(22-27)49-20-4-2-1-3-17-40-23-34(45)30-11-13-33(44)36-31(30)12-14-35(46)41-36/h5-14,21-22,25,32,34,40,42,44-45H,1-4,15-20,23-24H2,(H,41,46)(H,47,48)/t32-,34-,38?/m0/s1. The zero-order valence-electron chi connectivity index (χ0n) is 27.5. The maximum Gasteiger partial charge on any atom is 0.405 e. The summed E-state index contributed by atoms with van der Waals surface area (Å²) in [7, 11) is 0. The van der Waals surface area contributed by atoms with Gasteiger partial charge in [-0.05, 0) is 104 Å². The number of fused-ring (bicyclic) bond motifs is 4. The summed E-state index contributed by atoms with van der Waals surface area (Å²) in [5.74, 6) is 0.447. The Morgan fingerprint density at radius 3 is 2.49 bits per heavy atom. The number of benzene rings is 3. The van der Waals surface area contributed by atoms with Crippen LogP contribution in [0.5, 0.6) is 11.5 Å². The highest BCUT2D eigenvalue weighted by Crippen LogP contribution is 2.47. The molecular weight excluding hydrogens is 627 g/mol. The highest BCUT2D eigenvalue weighted by atomic mass is 19.1. The number of hydrogen-bond donors (Lipinski definition) is 6. The second-order valence-corrected chi connectivity index (χ2v) is 13.3. The molecule has 1 aromatic heterocycles. The van der Waals surface area contributed by atoms with Gasteiger partial charge in [-0.3, -0.25) is 4.79 Å². The van der Waals surface area contributed by atoms with Crippen LogP contribution in [0.2, 0.25) is 0 Å². The van der Waals surface area contributed by atoms with Crippen molar-refractivity contribution >= 4 is 17.0 Å². The van der Waals surface area contributed by atoms with Crippen LogP contribution in [-0.2, 0) is 5.54 Å². The molecule has 1 unspecified atom stereocenters. The van der Waals surface area contributed by atoms with Crippen molar-refractivity contribution in [3.05, 3.63) is 106 Å². The largest absolute Gasteiger partial charge is 0.506 e. The minimum atomic E-state index is -1.15. The molecule has 3 atom stereocenters. The van der Waals surface area contributed by atoms with E-state index >= 15 is 0 Å². The second-order valence-electron chi connectivity index (χ2n) is 13.3. The lowest BCUT2D eigenvalue weighted by Crippen LogP contribution is -2.61. The number of H-pyrrole nitrogens is 1. The maximum absolute atomic E-state index is 14.7. The summed E-state index contributed by atoms with van der Waals surface area (Å²) in [4.78, 5) is 29.1. The molecule has 11 heteroatoms. The summed E-state index contributed by atoms with van der Waals surface area (Å²) in [5, 5.41) is 37.8. The number of ether oxygens (including phenoxy) is 1. The van der Waals surface area contributed by atoms with Gasteiger partial charge in [0.15, 0.2) is 0 Å². The number of amides is 1. The molecule has 3 aromatic carbocycles. The van der Waals surface area contributed by atoms with Crippen molar-refractivity contribution in [3.63, 3.8) is 0 Å². The Bertz CT molecular complexity index is 1810. The van der Waals surface area contributed by atoms with Crippen molar-refractivity contribution in [2.45, 2.75) is 50.2 Å². The Morgan fingerprint density at radius 1 is 1.00 bits per heavy atom. The van der Waals surface area contributed by atoms with Gasteiger partial charge in [-0.1, -0.05) is 43.2 Å². The quantitative estimate of drug-likeness (QED) is 0.0910. The maximum atomic E-state index is 14.7. The number of nitrogens with one attached hydrogen (secondary N) is 3. The normalized spacial score (nSPS) is 20.5. The summed E-state index contributed by atoms with van der Waals surface area (Å²) in [6, 6.07) is 20.0. The zero-order chi connectivity index (χ0) is 34.4. The van der Waals surface area contributed by atoms with Crippen molar-refractivity contribution in [1.82, 2.24) is 20.5 Å². The van der Waals surface area contributed by atoms with Gasteiger partial charge in [0.25, 0.3) is 0 Å². The molecule has 3 fully saturated rings. The summed E-state index contributed by atoms with van der Waals surface area (Å²) in [6.07, 6.45) is 3.70. The van der Waals surface area contributed by atoms with E-state index in [9.17, 15) is 29.3 Å². The first kappa shape index (κ1) is 34.4. The third-order valence-electron chi connectivity index (χ3n) is 10.2. The molecule has 3 aliphatic heterocycles. The molecule has 4 aromatic rings. The number of carbonyl (C=O) groups is 1. The minimum Gasteiger partial charge on any atom is -0.506 e. The summed E-state index contributed by atoms with van der Waals surface area (Å²) < 4.78 is 20.8. The lowest BCUT2D eigenvalue weighted by molar-refractivity contribution is 0.00708. The number of halogens is 1. The van der Waals surface area contributed by atoms with Crippen LogP contribution in [0.3, 0.4) is 0 Å². The molecule has 49 heavy (non-hydrogen) atoms. The van der Waals surface area contributed by atoms with Gasteiger partial charge in [0, 0.05) is 30.5 Å². The van der Waals surface area contributed by atoms with E-state index in [4.69, 9.17) is 4.74 Å². The fourth-order valence-electron chi connectivity index (χ4n) is 7.81. The van der Waals surface area contributed by atoms with Crippen molar-refractivity contribution in [2.75, 3.05) is 39.3 Å². The molecule has 1 amide bonds. The Morgan fingerprint density at radius 2 is 1.76 bits per heavy atom. The summed E-state index contributed by atoms with van der Waals surface area (Å²) in [6.45, 7) is 4.30. The van der Waals surface area contributed by atoms with Crippen LogP contribution in [0, 0.1) is 17.7 Å². The topological polar surface area (TPSA) is 147 Å². The van der Waals surface area contributed by atoms with E-state index in [0.717, 1.165) is 70.3 Å². The number of phenolic OH excluding ortho intramolecular Hbond substituents is 1. The SMILES string of the molecule is O=C(O)NC(c1cccc(F)c1)(c1cccc(OCCCCCCNC[C@H](O)c2ccc(O)c3[nH]c(=O)ccc23)c1)[C@H]1CN2CCC1CC2. The number of nitrogens with zero attached hydrogens (tertiary/aromatic N) is 1. The molecule has 3 saturated heterocycles. The highest BCUT2D eigenvalue weighted by molar-refractivity contribution is 5.87. The summed E-state index contributed by atoms with van der Waals surface area (Å²) in [5.41, 5.74) is 0.843. The van der Waals surface area contributed by atoms with Gasteiger partial charge in [0.2, 0.25) is 5.56 Å². The van der Waals surface area contributed by atoms with E-state index in [1.54, 1.807) is 18.2 Å². The predicted molar refractivity (Wildman–Crippen MR) is 185 cm³/mol. The highest BCUT2D eigenvalue weighted by Gasteiger charge is 2.51. The summed E-state index contributed by atoms with van der Waals surface area (Å²) >= 11 is 0. The number of hydrogen-bond acceptors (Lipinski definition) is 7. The number of aromatic amines is 1. The van der Waals surface area contributed by atoms with Gasteiger partial charge < -0.3 is 40.6 Å². The number of rotatable bonds is 15. The number of carboxylic acid groups (broad SMARTS) is 1. The van der Waals surface area contributed by atoms with Crippen LogP contribution in [0.25, 0.3) is 10.9 Å². The van der Waals surface area contributed by atoms with E-state index in [1.807, 2.05) is 30.3 Å². The van der Waals surface area contributed by atoms with Crippen LogP contribution in [0.4, 0.5) is 9.18 Å². The molecule has 2 bridgehead atoms. The average Bonchev–Trinajstić information content (AvgIpc) is 3.10. The first-order valence-electron chi connectivity index (χ1n) is 17.2. The van der Waals surface area contributed by atoms with Gasteiger partial charge in [-0.2, -0.15) is 0 Å². The number of unbranched alkanes of at least 4 members (excludes halogenated alkanes) is 3. The Kier molecular flexibility index (Phi) is 10.8. The number of phenols is 1. The van der Waals surface area contributed by atoms with Gasteiger partial charge >= 0.3 is 6.09 Å². The molecule has 10 nitrogen and oxygen atoms in total.